The fourth-order valence-corrected chi connectivity index (χ4v) is 1.54. The summed E-state index contributed by atoms with van der Waals surface area (Å²) in [6.07, 6.45) is 1.20. The lowest BCUT2D eigenvalue weighted by Crippen LogP contribution is -2.30. The zero-order chi connectivity index (χ0) is 12.6. The number of primary amides is 1. The van der Waals surface area contributed by atoms with E-state index in [1.54, 1.807) is 6.92 Å². The van der Waals surface area contributed by atoms with Gasteiger partial charge in [-0.3, -0.25) is 14.2 Å². The van der Waals surface area contributed by atoms with E-state index >= 15 is 0 Å². The molecule has 3 N–H and O–H groups in total. The Balaban J connectivity index is 2.78. The van der Waals surface area contributed by atoms with E-state index in [0.717, 1.165) is 4.57 Å². The second kappa shape index (κ2) is 3.85. The molecule has 2 heterocycles. The molecule has 0 atom stereocenters. The molecule has 88 valence electrons. The van der Waals surface area contributed by atoms with E-state index in [1.807, 2.05) is 0 Å². The summed E-state index contributed by atoms with van der Waals surface area (Å²) in [7, 11) is 0. The first-order valence-corrected chi connectivity index (χ1v) is 4.83. The average molecular weight is 234 g/mol. The highest BCUT2D eigenvalue weighted by atomic mass is 16.3. The van der Waals surface area contributed by atoms with Crippen molar-refractivity contribution in [3.63, 3.8) is 0 Å². The molecule has 0 aromatic carbocycles. The predicted octanol–water partition coefficient (Wildman–Crippen LogP) is -0.709. The van der Waals surface area contributed by atoms with Crippen LogP contribution in [-0.2, 0) is 11.3 Å². The Bertz CT molecular complexity index is 662. The molecule has 0 radical (unpaired) electrons. The van der Waals surface area contributed by atoms with Crippen molar-refractivity contribution in [2.75, 3.05) is 0 Å². The number of pyridine rings is 1. The van der Waals surface area contributed by atoms with Gasteiger partial charge in [0.2, 0.25) is 5.91 Å². The SMILES string of the molecule is Cc1nc2ncc(O)cc2c(=O)n1CC(N)=O. The van der Waals surface area contributed by atoms with E-state index in [0.29, 0.717) is 5.82 Å². The summed E-state index contributed by atoms with van der Waals surface area (Å²) in [6, 6.07) is 1.26. The zero-order valence-corrected chi connectivity index (χ0v) is 9.04. The highest BCUT2D eigenvalue weighted by Gasteiger charge is 2.11. The van der Waals surface area contributed by atoms with Crippen LogP contribution in [0.1, 0.15) is 5.82 Å². The standard InChI is InChI=1S/C10H10N4O3/c1-5-13-9-7(2-6(15)3-12-9)10(17)14(5)4-8(11)16/h2-3,15H,4H2,1H3,(H2,11,16). The van der Waals surface area contributed by atoms with Crippen molar-refractivity contribution >= 4 is 16.9 Å². The van der Waals surface area contributed by atoms with Gasteiger partial charge in [0.1, 0.15) is 18.1 Å². The van der Waals surface area contributed by atoms with Crippen LogP contribution in [0, 0.1) is 6.92 Å². The fourth-order valence-electron chi connectivity index (χ4n) is 1.54. The monoisotopic (exact) mass is 234 g/mol. The van der Waals surface area contributed by atoms with Crippen LogP contribution in [-0.4, -0.2) is 25.5 Å². The minimum Gasteiger partial charge on any atom is -0.506 e. The summed E-state index contributed by atoms with van der Waals surface area (Å²) in [5.74, 6) is -0.421. The van der Waals surface area contributed by atoms with Crippen molar-refractivity contribution in [1.29, 1.82) is 0 Å². The number of hydrogen-bond acceptors (Lipinski definition) is 5. The van der Waals surface area contributed by atoms with E-state index in [-0.39, 0.29) is 23.3 Å². The van der Waals surface area contributed by atoms with Gasteiger partial charge in [0.25, 0.3) is 5.56 Å². The summed E-state index contributed by atoms with van der Waals surface area (Å²) >= 11 is 0. The molecule has 1 amide bonds. The maximum atomic E-state index is 12.0. The largest absolute Gasteiger partial charge is 0.506 e. The lowest BCUT2D eigenvalue weighted by molar-refractivity contribution is -0.118. The van der Waals surface area contributed by atoms with Gasteiger partial charge in [0, 0.05) is 0 Å². The molecule has 2 aromatic rings. The summed E-state index contributed by atoms with van der Waals surface area (Å²) in [6.45, 7) is 1.33. The van der Waals surface area contributed by atoms with Crippen molar-refractivity contribution in [2.45, 2.75) is 13.5 Å². The number of nitrogens with zero attached hydrogens (tertiary/aromatic N) is 3. The van der Waals surface area contributed by atoms with Crippen LogP contribution in [0.4, 0.5) is 0 Å². The van der Waals surface area contributed by atoms with Crippen LogP contribution < -0.4 is 11.3 Å². The third kappa shape index (κ3) is 1.94. The summed E-state index contributed by atoms with van der Waals surface area (Å²) < 4.78 is 1.14. The number of carbonyl (C=O) groups excluding carboxylic acids is 1. The number of aromatic nitrogens is 3. The van der Waals surface area contributed by atoms with Gasteiger partial charge in [-0.05, 0) is 13.0 Å². The Morgan fingerprint density at radius 1 is 1.59 bits per heavy atom. The third-order valence-corrected chi connectivity index (χ3v) is 2.30. The fraction of sp³-hybridized carbons (Fsp3) is 0.200. The van der Waals surface area contributed by atoms with Crippen LogP contribution in [0.2, 0.25) is 0 Å². The third-order valence-electron chi connectivity index (χ3n) is 2.30. The second-order valence-electron chi connectivity index (χ2n) is 3.58. The molecule has 0 aliphatic rings. The minimum absolute atomic E-state index is 0.133. The molecule has 17 heavy (non-hydrogen) atoms. The molecular formula is C10H10N4O3. The van der Waals surface area contributed by atoms with Crippen molar-refractivity contribution in [1.82, 2.24) is 14.5 Å². The number of nitrogens with two attached hydrogens (primary N) is 1. The molecule has 0 aliphatic heterocycles. The predicted molar refractivity (Wildman–Crippen MR) is 59.4 cm³/mol. The van der Waals surface area contributed by atoms with E-state index < -0.39 is 11.5 Å². The van der Waals surface area contributed by atoms with E-state index in [2.05, 4.69) is 9.97 Å². The minimum atomic E-state index is -0.635. The summed E-state index contributed by atoms with van der Waals surface area (Å²) in [5.41, 5.74) is 4.82. The molecular weight excluding hydrogens is 224 g/mol. The van der Waals surface area contributed by atoms with Gasteiger partial charge in [-0.25, -0.2) is 9.97 Å². The molecule has 0 bridgehead atoms. The van der Waals surface area contributed by atoms with Crippen LogP contribution in [0.5, 0.6) is 5.75 Å². The van der Waals surface area contributed by atoms with Crippen molar-refractivity contribution in [3.05, 3.63) is 28.4 Å². The van der Waals surface area contributed by atoms with E-state index in [9.17, 15) is 14.7 Å². The Morgan fingerprint density at radius 2 is 2.29 bits per heavy atom. The number of rotatable bonds is 2. The summed E-state index contributed by atoms with van der Waals surface area (Å²) in [4.78, 5) is 30.7. The maximum absolute atomic E-state index is 12.0. The Kier molecular flexibility index (Phi) is 2.51. The number of hydrogen-bond donors (Lipinski definition) is 2. The molecule has 0 spiro atoms. The van der Waals surface area contributed by atoms with Crippen molar-refractivity contribution < 1.29 is 9.90 Å². The average Bonchev–Trinajstić information content (AvgIpc) is 2.25. The zero-order valence-electron chi connectivity index (χ0n) is 9.04. The summed E-state index contributed by atoms with van der Waals surface area (Å²) in [5, 5.41) is 9.42. The Labute approximate surface area is 95.5 Å². The molecule has 0 fully saturated rings. The quantitative estimate of drug-likeness (QED) is 0.713. The van der Waals surface area contributed by atoms with Crippen molar-refractivity contribution in [3.8, 4) is 5.75 Å². The lowest BCUT2D eigenvalue weighted by Gasteiger charge is -2.07. The first-order chi connectivity index (χ1) is 7.99. The number of fused-ring (bicyclic) bond motifs is 1. The molecule has 7 heteroatoms. The molecule has 2 aromatic heterocycles. The van der Waals surface area contributed by atoms with Gasteiger partial charge in [-0.1, -0.05) is 0 Å². The topological polar surface area (TPSA) is 111 Å². The van der Waals surface area contributed by atoms with Gasteiger partial charge >= 0.3 is 0 Å². The smallest absolute Gasteiger partial charge is 0.263 e. The van der Waals surface area contributed by atoms with Crippen molar-refractivity contribution in [2.24, 2.45) is 5.73 Å². The second-order valence-corrected chi connectivity index (χ2v) is 3.58. The Morgan fingerprint density at radius 3 is 2.94 bits per heavy atom. The number of carbonyl (C=O) groups is 1. The first kappa shape index (κ1) is 11.1. The normalized spacial score (nSPS) is 10.6. The van der Waals surface area contributed by atoms with E-state index in [1.165, 1.54) is 12.3 Å². The van der Waals surface area contributed by atoms with Gasteiger partial charge in [-0.2, -0.15) is 0 Å². The molecule has 0 aliphatic carbocycles. The Hall–Kier alpha value is -2.44. The van der Waals surface area contributed by atoms with Gasteiger partial charge in [-0.15, -0.1) is 0 Å². The van der Waals surface area contributed by atoms with Gasteiger partial charge < -0.3 is 10.8 Å². The van der Waals surface area contributed by atoms with Crippen LogP contribution >= 0.6 is 0 Å². The number of aryl methyl sites for hydroxylation is 1. The van der Waals surface area contributed by atoms with E-state index in [4.69, 9.17) is 5.73 Å². The molecule has 0 saturated heterocycles. The van der Waals surface area contributed by atoms with Gasteiger partial charge in [0.15, 0.2) is 5.65 Å². The highest BCUT2D eigenvalue weighted by Crippen LogP contribution is 2.12. The van der Waals surface area contributed by atoms with Crippen LogP contribution in [0.15, 0.2) is 17.1 Å². The molecule has 0 unspecified atom stereocenters. The highest BCUT2D eigenvalue weighted by molar-refractivity contribution is 5.76. The number of amides is 1. The molecule has 0 saturated carbocycles. The molecule has 7 nitrogen and oxygen atoms in total. The first-order valence-electron chi connectivity index (χ1n) is 4.83. The van der Waals surface area contributed by atoms with Crippen LogP contribution in [0.3, 0.4) is 0 Å². The van der Waals surface area contributed by atoms with Crippen LogP contribution in [0.25, 0.3) is 11.0 Å². The van der Waals surface area contributed by atoms with Gasteiger partial charge in [0.05, 0.1) is 11.6 Å². The lowest BCUT2D eigenvalue weighted by atomic mass is 10.3. The molecule has 2 rings (SSSR count). The number of aromatic hydroxyl groups is 1. The maximum Gasteiger partial charge on any atom is 0.263 e.